The molecule has 0 N–H and O–H groups in total. The topological polar surface area (TPSA) is 69.0 Å². The number of allylic oxidation sites excluding steroid dienone is 1. The number of aromatic nitrogens is 2. The predicted octanol–water partition coefficient (Wildman–Crippen LogP) is 4.33. The van der Waals surface area contributed by atoms with Crippen LogP contribution < -0.4 is 5.56 Å². The van der Waals surface area contributed by atoms with Crippen LogP contribution in [0.15, 0.2) is 57.8 Å². The second-order valence-corrected chi connectivity index (χ2v) is 11.9. The van der Waals surface area contributed by atoms with Crippen LogP contribution in [0.1, 0.15) is 23.8 Å². The van der Waals surface area contributed by atoms with Gasteiger partial charge in [-0.1, -0.05) is 43.0 Å². The molecular weight excluding hydrogens is 436 g/mol. The molecule has 30 heavy (non-hydrogen) atoms. The van der Waals surface area contributed by atoms with Crippen molar-refractivity contribution in [3.8, 4) is 0 Å². The van der Waals surface area contributed by atoms with E-state index in [1.54, 1.807) is 52.3 Å². The average molecular weight is 461 g/mol. The van der Waals surface area contributed by atoms with Crippen molar-refractivity contribution in [2.45, 2.75) is 42.8 Å². The lowest BCUT2D eigenvalue weighted by Gasteiger charge is -2.17. The maximum Gasteiger partial charge on any atom is 0.263 e. The maximum atomic E-state index is 13.3. The third-order valence-corrected chi connectivity index (χ3v) is 9.49. The van der Waals surface area contributed by atoms with Gasteiger partial charge in [-0.15, -0.1) is 17.9 Å². The van der Waals surface area contributed by atoms with Crippen LogP contribution >= 0.6 is 23.1 Å². The fourth-order valence-electron chi connectivity index (χ4n) is 3.79. The number of rotatable bonds is 7. The van der Waals surface area contributed by atoms with Crippen LogP contribution in [0.4, 0.5) is 0 Å². The van der Waals surface area contributed by atoms with E-state index in [0.717, 1.165) is 35.0 Å². The zero-order valence-corrected chi connectivity index (χ0v) is 19.3. The lowest BCUT2D eigenvalue weighted by molar-refractivity contribution is 0.509. The molecule has 0 bridgehead atoms. The van der Waals surface area contributed by atoms with Crippen LogP contribution in [0.25, 0.3) is 10.2 Å². The van der Waals surface area contributed by atoms with Crippen LogP contribution in [0, 0.1) is 5.92 Å². The van der Waals surface area contributed by atoms with Gasteiger partial charge < -0.3 is 0 Å². The lowest BCUT2D eigenvalue weighted by atomic mass is 9.89. The Morgan fingerprint density at radius 2 is 2.10 bits per heavy atom. The van der Waals surface area contributed by atoms with Crippen molar-refractivity contribution in [2.24, 2.45) is 5.92 Å². The molecule has 0 radical (unpaired) electrons. The molecule has 0 saturated carbocycles. The van der Waals surface area contributed by atoms with Crippen LogP contribution in [0.3, 0.4) is 0 Å². The Balaban J connectivity index is 1.64. The minimum absolute atomic E-state index is 0.0118. The zero-order chi connectivity index (χ0) is 21.3. The third kappa shape index (κ3) is 4.13. The molecule has 1 aliphatic carbocycles. The molecule has 0 saturated heterocycles. The standard InChI is InChI=1S/C22H24N2O3S3/c1-3-11-24-21(25)19-17-10-9-15(2)14-18(17)29-20(19)23-22(24)28-12-13-30(26,27)16-7-5-4-6-8-16/h3-8,15H,1,9-14H2,2H3. The number of hydrogen-bond donors (Lipinski definition) is 0. The van der Waals surface area contributed by atoms with E-state index in [1.807, 2.05) is 0 Å². The Bertz CT molecular complexity index is 1240. The maximum absolute atomic E-state index is 13.3. The first-order valence-electron chi connectivity index (χ1n) is 9.97. The van der Waals surface area contributed by atoms with Gasteiger partial charge in [-0.2, -0.15) is 0 Å². The molecule has 0 amide bonds. The van der Waals surface area contributed by atoms with Gasteiger partial charge in [0, 0.05) is 17.2 Å². The van der Waals surface area contributed by atoms with Crippen LogP contribution in [0.5, 0.6) is 0 Å². The summed E-state index contributed by atoms with van der Waals surface area (Å²) in [6.07, 6.45) is 4.69. The Labute approximate surface area is 184 Å². The summed E-state index contributed by atoms with van der Waals surface area (Å²) in [7, 11) is -3.37. The molecule has 0 fully saturated rings. The first kappa shape index (κ1) is 21.3. The van der Waals surface area contributed by atoms with Crippen molar-refractivity contribution < 1.29 is 8.42 Å². The van der Waals surface area contributed by atoms with Crippen molar-refractivity contribution in [1.82, 2.24) is 9.55 Å². The number of thiophene rings is 1. The Morgan fingerprint density at radius 1 is 1.33 bits per heavy atom. The first-order chi connectivity index (χ1) is 14.4. The summed E-state index contributed by atoms with van der Waals surface area (Å²) in [4.78, 5) is 20.4. The predicted molar refractivity (Wildman–Crippen MR) is 124 cm³/mol. The summed E-state index contributed by atoms with van der Waals surface area (Å²) in [5.74, 6) is 0.939. The van der Waals surface area contributed by atoms with E-state index in [-0.39, 0.29) is 11.3 Å². The second-order valence-electron chi connectivity index (χ2n) is 7.61. The molecule has 1 unspecified atom stereocenters. The van der Waals surface area contributed by atoms with Gasteiger partial charge in [-0.25, -0.2) is 13.4 Å². The van der Waals surface area contributed by atoms with E-state index in [0.29, 0.717) is 28.3 Å². The van der Waals surface area contributed by atoms with E-state index in [4.69, 9.17) is 4.98 Å². The molecule has 4 rings (SSSR count). The summed E-state index contributed by atoms with van der Waals surface area (Å²) in [5, 5.41) is 1.30. The fourth-order valence-corrected chi connectivity index (χ4v) is 7.89. The molecular formula is C22H24N2O3S3. The summed E-state index contributed by atoms with van der Waals surface area (Å²) >= 11 is 2.93. The van der Waals surface area contributed by atoms with Gasteiger partial charge in [-0.05, 0) is 42.9 Å². The van der Waals surface area contributed by atoms with Crippen molar-refractivity contribution in [1.29, 1.82) is 0 Å². The van der Waals surface area contributed by atoms with E-state index in [2.05, 4.69) is 13.5 Å². The number of thioether (sulfide) groups is 1. The fraction of sp³-hybridized carbons (Fsp3) is 0.364. The van der Waals surface area contributed by atoms with E-state index >= 15 is 0 Å². The monoisotopic (exact) mass is 460 g/mol. The number of aryl methyl sites for hydroxylation is 1. The Hall–Kier alpha value is -1.90. The normalized spacial score (nSPS) is 16.5. The highest BCUT2D eigenvalue weighted by Gasteiger charge is 2.24. The van der Waals surface area contributed by atoms with Crippen molar-refractivity contribution in [2.75, 3.05) is 11.5 Å². The molecule has 8 heteroatoms. The molecule has 158 valence electrons. The number of sulfone groups is 1. The quantitative estimate of drug-likeness (QED) is 0.298. The van der Waals surface area contributed by atoms with Gasteiger partial charge in [0.15, 0.2) is 15.0 Å². The summed E-state index contributed by atoms with van der Waals surface area (Å²) < 4.78 is 26.7. The molecule has 2 heterocycles. The van der Waals surface area contributed by atoms with Crippen molar-refractivity contribution in [3.63, 3.8) is 0 Å². The number of hydrogen-bond acceptors (Lipinski definition) is 6. The SMILES string of the molecule is C=CCn1c(SCCS(=O)(=O)c2ccccc2)nc2sc3c(c2c1=O)CCC(C)C3. The smallest absolute Gasteiger partial charge is 0.263 e. The van der Waals surface area contributed by atoms with Gasteiger partial charge in [0.05, 0.1) is 16.0 Å². The highest BCUT2D eigenvalue weighted by molar-refractivity contribution is 8.00. The Morgan fingerprint density at radius 3 is 2.83 bits per heavy atom. The molecule has 0 aliphatic heterocycles. The number of nitrogens with zero attached hydrogens (tertiary/aromatic N) is 2. The molecule has 1 aliphatic rings. The van der Waals surface area contributed by atoms with Crippen LogP contribution in [-0.2, 0) is 29.2 Å². The minimum atomic E-state index is -3.37. The minimum Gasteiger partial charge on any atom is -0.283 e. The van der Waals surface area contributed by atoms with Gasteiger partial charge in [0.1, 0.15) is 4.83 Å². The largest absolute Gasteiger partial charge is 0.283 e. The molecule has 0 spiro atoms. The molecule has 3 aromatic rings. The van der Waals surface area contributed by atoms with Gasteiger partial charge >= 0.3 is 0 Å². The van der Waals surface area contributed by atoms with E-state index < -0.39 is 9.84 Å². The Kier molecular flexibility index (Phi) is 6.18. The average Bonchev–Trinajstić information content (AvgIpc) is 3.08. The first-order valence-corrected chi connectivity index (χ1v) is 13.4. The molecule has 1 aromatic carbocycles. The van der Waals surface area contributed by atoms with Crippen LogP contribution in [0.2, 0.25) is 0 Å². The zero-order valence-electron chi connectivity index (χ0n) is 16.8. The van der Waals surface area contributed by atoms with Crippen molar-refractivity contribution >= 4 is 43.2 Å². The van der Waals surface area contributed by atoms with Gasteiger partial charge in [-0.3, -0.25) is 9.36 Å². The van der Waals surface area contributed by atoms with Crippen molar-refractivity contribution in [3.05, 3.63) is 63.8 Å². The molecule has 2 aromatic heterocycles. The third-order valence-electron chi connectivity index (χ3n) is 5.38. The van der Waals surface area contributed by atoms with Crippen LogP contribution in [-0.4, -0.2) is 29.5 Å². The van der Waals surface area contributed by atoms with Gasteiger partial charge in [0.2, 0.25) is 0 Å². The molecule has 5 nitrogen and oxygen atoms in total. The van der Waals surface area contributed by atoms with E-state index in [1.165, 1.54) is 16.6 Å². The summed E-state index contributed by atoms with van der Waals surface area (Å²) in [6.45, 7) is 6.37. The highest BCUT2D eigenvalue weighted by Crippen LogP contribution is 2.36. The number of benzene rings is 1. The second kappa shape index (κ2) is 8.69. The van der Waals surface area contributed by atoms with Gasteiger partial charge in [0.25, 0.3) is 5.56 Å². The number of fused-ring (bicyclic) bond motifs is 3. The lowest BCUT2D eigenvalue weighted by Crippen LogP contribution is -2.24. The molecule has 1 atom stereocenters. The summed E-state index contributed by atoms with van der Waals surface area (Å²) in [6, 6.07) is 8.44. The van der Waals surface area contributed by atoms with E-state index in [9.17, 15) is 13.2 Å². The highest BCUT2D eigenvalue weighted by atomic mass is 32.2. The summed E-state index contributed by atoms with van der Waals surface area (Å²) in [5.41, 5.74) is 1.12.